The number of hydrogen-bond donors (Lipinski definition) is 1. The second kappa shape index (κ2) is 5.69. The number of aliphatic hydroxyl groups excluding tert-OH is 1. The molecule has 0 bridgehead atoms. The Labute approximate surface area is 87.7 Å². The van der Waals surface area contributed by atoms with Gasteiger partial charge < -0.3 is 14.9 Å². The Bertz CT molecular complexity index is 161. The van der Waals surface area contributed by atoms with E-state index in [1.807, 2.05) is 0 Å². The normalized spacial score (nSPS) is 28.7. The van der Waals surface area contributed by atoms with E-state index in [0.29, 0.717) is 6.04 Å². The van der Waals surface area contributed by atoms with Gasteiger partial charge in [0.1, 0.15) is 0 Å². The van der Waals surface area contributed by atoms with Crippen LogP contribution in [0, 0.1) is 0 Å². The Morgan fingerprint density at radius 3 is 2.43 bits per heavy atom. The highest BCUT2D eigenvalue weighted by atomic mass is 16.3. The first-order valence-corrected chi connectivity index (χ1v) is 5.62. The van der Waals surface area contributed by atoms with E-state index in [1.54, 1.807) is 0 Å². The maximum Gasteiger partial charge on any atom is 0.0555 e. The summed E-state index contributed by atoms with van der Waals surface area (Å²) in [7, 11) is 6.37. The smallest absolute Gasteiger partial charge is 0.0555 e. The fourth-order valence-corrected chi connectivity index (χ4v) is 2.08. The van der Waals surface area contributed by atoms with Crippen molar-refractivity contribution in [1.82, 2.24) is 9.80 Å². The van der Waals surface area contributed by atoms with Crippen molar-refractivity contribution in [2.45, 2.75) is 37.8 Å². The Balaban J connectivity index is 2.25. The fraction of sp³-hybridized carbons (Fsp3) is 1.00. The van der Waals surface area contributed by atoms with Crippen LogP contribution in [-0.4, -0.2) is 61.3 Å². The van der Waals surface area contributed by atoms with Gasteiger partial charge in [0.25, 0.3) is 0 Å². The van der Waals surface area contributed by atoms with Gasteiger partial charge in [0.15, 0.2) is 0 Å². The third-order valence-electron chi connectivity index (χ3n) is 3.14. The number of likely N-dealkylation sites (N-methyl/N-ethyl adjacent to an activating group) is 2. The van der Waals surface area contributed by atoms with Crippen LogP contribution in [0.25, 0.3) is 0 Å². The SMILES string of the molecule is CN(C)CCN(C)C1CCCC(O)C1. The summed E-state index contributed by atoms with van der Waals surface area (Å²) in [5, 5.41) is 9.57. The molecule has 0 radical (unpaired) electrons. The van der Waals surface area contributed by atoms with E-state index in [-0.39, 0.29) is 6.10 Å². The van der Waals surface area contributed by atoms with Crippen molar-refractivity contribution in [1.29, 1.82) is 0 Å². The van der Waals surface area contributed by atoms with Crippen LogP contribution in [0.5, 0.6) is 0 Å². The zero-order valence-electron chi connectivity index (χ0n) is 9.74. The summed E-state index contributed by atoms with van der Waals surface area (Å²) < 4.78 is 0. The van der Waals surface area contributed by atoms with Gasteiger partial charge in [0, 0.05) is 19.1 Å². The molecule has 1 saturated carbocycles. The van der Waals surface area contributed by atoms with Crippen LogP contribution in [0.1, 0.15) is 25.7 Å². The van der Waals surface area contributed by atoms with Crippen molar-refractivity contribution < 1.29 is 5.11 Å². The number of rotatable bonds is 4. The Hall–Kier alpha value is -0.120. The highest BCUT2D eigenvalue weighted by Crippen LogP contribution is 2.21. The lowest BCUT2D eigenvalue weighted by Crippen LogP contribution is -2.40. The first-order valence-electron chi connectivity index (χ1n) is 5.62. The van der Waals surface area contributed by atoms with E-state index >= 15 is 0 Å². The molecule has 0 aromatic rings. The van der Waals surface area contributed by atoms with Gasteiger partial charge in [-0.15, -0.1) is 0 Å². The summed E-state index contributed by atoms with van der Waals surface area (Å²) >= 11 is 0. The van der Waals surface area contributed by atoms with Gasteiger partial charge in [-0.2, -0.15) is 0 Å². The molecule has 3 heteroatoms. The summed E-state index contributed by atoms with van der Waals surface area (Å²) in [6.07, 6.45) is 4.33. The second-order valence-corrected chi connectivity index (χ2v) is 4.76. The monoisotopic (exact) mass is 200 g/mol. The van der Waals surface area contributed by atoms with Crippen molar-refractivity contribution in [3.63, 3.8) is 0 Å². The molecule has 1 rings (SSSR count). The van der Waals surface area contributed by atoms with Gasteiger partial charge in [-0.1, -0.05) is 0 Å². The largest absolute Gasteiger partial charge is 0.393 e. The lowest BCUT2D eigenvalue weighted by molar-refractivity contribution is 0.0705. The second-order valence-electron chi connectivity index (χ2n) is 4.76. The van der Waals surface area contributed by atoms with Crippen LogP contribution >= 0.6 is 0 Å². The molecule has 0 saturated heterocycles. The highest BCUT2D eigenvalue weighted by Gasteiger charge is 2.22. The summed E-state index contributed by atoms with van der Waals surface area (Å²) in [5.41, 5.74) is 0. The molecule has 0 aromatic carbocycles. The molecule has 84 valence electrons. The van der Waals surface area contributed by atoms with E-state index in [9.17, 15) is 5.11 Å². The van der Waals surface area contributed by atoms with Crippen LogP contribution in [-0.2, 0) is 0 Å². The lowest BCUT2D eigenvalue weighted by atomic mass is 9.92. The van der Waals surface area contributed by atoms with Crippen molar-refractivity contribution in [3.05, 3.63) is 0 Å². The summed E-state index contributed by atoms with van der Waals surface area (Å²) in [6, 6.07) is 0.596. The Kier molecular flexibility index (Phi) is 4.85. The zero-order valence-corrected chi connectivity index (χ0v) is 9.74. The number of hydrogen-bond acceptors (Lipinski definition) is 3. The average molecular weight is 200 g/mol. The standard InChI is InChI=1S/C11H24N2O/c1-12(2)7-8-13(3)10-5-4-6-11(14)9-10/h10-11,14H,4-9H2,1-3H3. The van der Waals surface area contributed by atoms with Gasteiger partial charge in [-0.3, -0.25) is 0 Å². The van der Waals surface area contributed by atoms with Crippen molar-refractivity contribution in [2.75, 3.05) is 34.2 Å². The van der Waals surface area contributed by atoms with Crippen LogP contribution in [0.3, 0.4) is 0 Å². The first-order chi connectivity index (χ1) is 6.59. The third kappa shape index (κ3) is 3.95. The summed E-state index contributed by atoms with van der Waals surface area (Å²) in [6.45, 7) is 2.20. The maximum absolute atomic E-state index is 9.57. The molecule has 0 aliphatic heterocycles. The molecule has 3 nitrogen and oxygen atoms in total. The van der Waals surface area contributed by atoms with E-state index in [0.717, 1.165) is 25.9 Å². The molecule has 2 atom stereocenters. The van der Waals surface area contributed by atoms with Gasteiger partial charge in [0.2, 0.25) is 0 Å². The van der Waals surface area contributed by atoms with Crippen molar-refractivity contribution in [3.8, 4) is 0 Å². The molecule has 1 N–H and O–H groups in total. The van der Waals surface area contributed by atoms with Crippen LogP contribution in [0.15, 0.2) is 0 Å². The van der Waals surface area contributed by atoms with Crippen LogP contribution < -0.4 is 0 Å². The van der Waals surface area contributed by atoms with E-state index in [1.165, 1.54) is 12.8 Å². The van der Waals surface area contributed by atoms with Crippen LogP contribution in [0.4, 0.5) is 0 Å². The summed E-state index contributed by atoms with van der Waals surface area (Å²) in [5.74, 6) is 0. The lowest BCUT2D eigenvalue weighted by Gasteiger charge is -2.34. The quantitative estimate of drug-likeness (QED) is 0.726. The average Bonchev–Trinajstić information content (AvgIpc) is 2.14. The molecule has 0 heterocycles. The van der Waals surface area contributed by atoms with Gasteiger partial charge in [0.05, 0.1) is 6.10 Å². The number of nitrogens with zero attached hydrogens (tertiary/aromatic N) is 2. The molecule has 1 aliphatic carbocycles. The topological polar surface area (TPSA) is 26.7 Å². The van der Waals surface area contributed by atoms with E-state index in [4.69, 9.17) is 0 Å². The molecular formula is C11H24N2O. The Morgan fingerprint density at radius 1 is 1.14 bits per heavy atom. The molecule has 0 aromatic heterocycles. The minimum Gasteiger partial charge on any atom is -0.393 e. The van der Waals surface area contributed by atoms with Gasteiger partial charge in [-0.05, 0) is 46.8 Å². The maximum atomic E-state index is 9.57. The predicted molar refractivity (Wildman–Crippen MR) is 59.4 cm³/mol. The van der Waals surface area contributed by atoms with Gasteiger partial charge in [-0.25, -0.2) is 0 Å². The minimum absolute atomic E-state index is 0.0597. The third-order valence-corrected chi connectivity index (χ3v) is 3.14. The molecule has 0 amide bonds. The fourth-order valence-electron chi connectivity index (χ4n) is 2.08. The van der Waals surface area contributed by atoms with E-state index < -0.39 is 0 Å². The van der Waals surface area contributed by atoms with Crippen molar-refractivity contribution in [2.24, 2.45) is 0 Å². The minimum atomic E-state index is -0.0597. The molecule has 1 aliphatic rings. The molecule has 2 unspecified atom stereocenters. The zero-order chi connectivity index (χ0) is 10.6. The van der Waals surface area contributed by atoms with E-state index in [2.05, 4.69) is 30.9 Å². The predicted octanol–water partition coefficient (Wildman–Crippen LogP) is 0.783. The summed E-state index contributed by atoms with van der Waals surface area (Å²) in [4.78, 5) is 4.60. The Morgan fingerprint density at radius 2 is 1.86 bits per heavy atom. The van der Waals surface area contributed by atoms with Crippen LogP contribution in [0.2, 0.25) is 0 Å². The van der Waals surface area contributed by atoms with Crippen molar-refractivity contribution >= 4 is 0 Å². The molecule has 1 fully saturated rings. The first kappa shape index (κ1) is 12.0. The number of aliphatic hydroxyl groups is 1. The molecular weight excluding hydrogens is 176 g/mol. The highest BCUT2D eigenvalue weighted by molar-refractivity contribution is 4.78. The molecule has 14 heavy (non-hydrogen) atoms. The molecule has 0 spiro atoms. The van der Waals surface area contributed by atoms with Gasteiger partial charge >= 0.3 is 0 Å².